The Morgan fingerprint density at radius 1 is 1.26 bits per heavy atom. The average molecular weight is 390 g/mol. The van der Waals surface area contributed by atoms with Crippen LogP contribution in [0.15, 0.2) is 24.3 Å². The largest absolute Gasteiger partial charge is 0.333 e. The van der Waals surface area contributed by atoms with Crippen molar-refractivity contribution in [2.75, 3.05) is 11.9 Å². The molecule has 2 aromatic rings. The third-order valence-electron chi connectivity index (χ3n) is 4.89. The van der Waals surface area contributed by atoms with Crippen molar-refractivity contribution < 1.29 is 14.0 Å². The molecule has 0 radical (unpaired) electrons. The smallest absolute Gasteiger partial charge is 0.286 e. The number of nitrogens with one attached hydrogen (secondary N) is 1. The second-order valence-electron chi connectivity index (χ2n) is 6.61. The lowest BCUT2D eigenvalue weighted by Crippen LogP contribution is -2.35. The predicted octanol–water partition coefficient (Wildman–Crippen LogP) is 4.03. The van der Waals surface area contributed by atoms with Crippen molar-refractivity contribution in [1.29, 1.82) is 0 Å². The summed E-state index contributed by atoms with van der Waals surface area (Å²) in [5.41, 5.74) is 0.490. The van der Waals surface area contributed by atoms with Gasteiger partial charge < -0.3 is 10.2 Å². The summed E-state index contributed by atoms with van der Waals surface area (Å²) in [4.78, 5) is 27.0. The third-order valence-corrected chi connectivity index (χ3v) is 5.92. The maximum Gasteiger partial charge on any atom is 0.286 e. The van der Waals surface area contributed by atoms with E-state index in [9.17, 15) is 14.0 Å². The number of halogens is 1. The van der Waals surface area contributed by atoms with Crippen LogP contribution in [0.4, 0.5) is 10.1 Å². The zero-order valence-corrected chi connectivity index (χ0v) is 16.3. The van der Waals surface area contributed by atoms with E-state index in [2.05, 4.69) is 15.5 Å². The zero-order chi connectivity index (χ0) is 19.4. The highest BCUT2D eigenvalue weighted by Crippen LogP contribution is 2.35. The van der Waals surface area contributed by atoms with Gasteiger partial charge in [0, 0.05) is 18.2 Å². The number of benzene rings is 1. The number of carbonyl (C=O) groups excluding carboxylic acids is 2. The van der Waals surface area contributed by atoms with Crippen LogP contribution in [0, 0.1) is 11.7 Å². The molecule has 1 aliphatic rings. The van der Waals surface area contributed by atoms with Crippen molar-refractivity contribution in [3.63, 3.8) is 0 Å². The van der Waals surface area contributed by atoms with Gasteiger partial charge in [0.05, 0.1) is 6.04 Å². The van der Waals surface area contributed by atoms with Crippen LogP contribution in [0.1, 0.15) is 60.4 Å². The number of hydrogen-bond acceptors (Lipinski definition) is 5. The summed E-state index contributed by atoms with van der Waals surface area (Å²) >= 11 is 1.21. The van der Waals surface area contributed by atoms with E-state index in [0.717, 1.165) is 32.2 Å². The number of hydrogen-bond donors (Lipinski definition) is 1. The van der Waals surface area contributed by atoms with Gasteiger partial charge in [-0.25, -0.2) is 4.39 Å². The first-order chi connectivity index (χ1) is 13.0. The van der Waals surface area contributed by atoms with Crippen molar-refractivity contribution in [2.45, 2.75) is 45.6 Å². The number of rotatable bonds is 6. The molecule has 1 N–H and O–H groups in total. The lowest BCUT2D eigenvalue weighted by Gasteiger charge is -2.26. The molecule has 1 aliphatic heterocycles. The van der Waals surface area contributed by atoms with Gasteiger partial charge in [0.15, 0.2) is 0 Å². The first-order valence-corrected chi connectivity index (χ1v) is 10.1. The summed E-state index contributed by atoms with van der Waals surface area (Å²) in [6.07, 6.45) is 3.40. The molecule has 0 saturated carbocycles. The molecule has 2 heterocycles. The van der Waals surface area contributed by atoms with Crippen LogP contribution in [0.2, 0.25) is 0 Å². The number of likely N-dealkylation sites (tertiary alicyclic amines) is 1. The van der Waals surface area contributed by atoms with E-state index in [1.54, 1.807) is 0 Å². The highest BCUT2D eigenvalue weighted by Gasteiger charge is 2.35. The molecule has 1 fully saturated rings. The van der Waals surface area contributed by atoms with Crippen molar-refractivity contribution >= 4 is 28.8 Å². The molecule has 2 amide bonds. The van der Waals surface area contributed by atoms with E-state index in [1.165, 1.54) is 35.6 Å². The molecular formula is C19H23FN4O2S. The average Bonchev–Trinajstić information content (AvgIpc) is 3.33. The quantitative estimate of drug-likeness (QED) is 0.808. The van der Waals surface area contributed by atoms with Gasteiger partial charge in [-0.1, -0.05) is 25.2 Å². The lowest BCUT2D eigenvalue weighted by molar-refractivity contribution is -0.136. The molecule has 3 rings (SSSR count). The minimum absolute atomic E-state index is 0.0276. The monoisotopic (exact) mass is 390 g/mol. The summed E-state index contributed by atoms with van der Waals surface area (Å²) in [5, 5.41) is 11.8. The first kappa shape index (κ1) is 19.4. The van der Waals surface area contributed by atoms with Crippen molar-refractivity contribution in [3.8, 4) is 0 Å². The van der Waals surface area contributed by atoms with E-state index in [-0.39, 0.29) is 34.6 Å². The molecule has 1 saturated heterocycles. The fraction of sp³-hybridized carbons (Fsp3) is 0.474. The maximum absolute atomic E-state index is 13.0. The molecule has 1 atom stereocenters. The molecule has 1 aromatic carbocycles. The Bertz CT molecular complexity index is 804. The standard InChI is InChI=1S/C19H23FN4O2S/c1-3-12(4-2)19(26)24-11-5-6-15(24)17-22-23-18(27-17)16(25)21-14-9-7-13(20)8-10-14/h7-10,12,15H,3-6,11H2,1-2H3,(H,21,25). The minimum Gasteiger partial charge on any atom is -0.333 e. The molecule has 144 valence electrons. The number of anilines is 1. The Labute approximate surface area is 161 Å². The Hall–Kier alpha value is -2.35. The van der Waals surface area contributed by atoms with Gasteiger partial charge in [-0.05, 0) is 49.9 Å². The summed E-state index contributed by atoms with van der Waals surface area (Å²) in [6, 6.07) is 5.43. The third kappa shape index (κ3) is 4.32. The van der Waals surface area contributed by atoms with E-state index in [0.29, 0.717) is 10.7 Å². The van der Waals surface area contributed by atoms with Gasteiger partial charge in [-0.15, -0.1) is 10.2 Å². The Morgan fingerprint density at radius 2 is 1.96 bits per heavy atom. The predicted molar refractivity (Wildman–Crippen MR) is 102 cm³/mol. The van der Waals surface area contributed by atoms with Crippen LogP contribution in [-0.4, -0.2) is 33.5 Å². The van der Waals surface area contributed by atoms with Gasteiger partial charge in [0.2, 0.25) is 10.9 Å². The Balaban J connectivity index is 1.71. The van der Waals surface area contributed by atoms with Crippen molar-refractivity contribution in [3.05, 3.63) is 40.1 Å². The highest BCUT2D eigenvalue weighted by molar-refractivity contribution is 7.13. The molecule has 1 unspecified atom stereocenters. The SMILES string of the molecule is CCC(CC)C(=O)N1CCCC1c1nnc(C(=O)Nc2ccc(F)cc2)s1. The summed E-state index contributed by atoms with van der Waals surface area (Å²) in [7, 11) is 0. The van der Waals surface area contributed by atoms with E-state index in [1.807, 2.05) is 18.7 Å². The number of amides is 2. The lowest BCUT2D eigenvalue weighted by atomic mass is 10.0. The van der Waals surface area contributed by atoms with Crippen molar-refractivity contribution in [2.24, 2.45) is 5.92 Å². The Morgan fingerprint density at radius 3 is 2.63 bits per heavy atom. The molecule has 27 heavy (non-hydrogen) atoms. The van der Waals surface area contributed by atoms with E-state index < -0.39 is 0 Å². The van der Waals surface area contributed by atoms with Crippen LogP contribution in [0.3, 0.4) is 0 Å². The molecule has 6 nitrogen and oxygen atoms in total. The maximum atomic E-state index is 13.0. The molecule has 8 heteroatoms. The summed E-state index contributed by atoms with van der Waals surface area (Å²) in [6.45, 7) is 4.77. The number of nitrogens with zero attached hydrogens (tertiary/aromatic N) is 3. The van der Waals surface area contributed by atoms with Gasteiger partial charge in [-0.2, -0.15) is 0 Å². The highest BCUT2D eigenvalue weighted by atomic mass is 32.1. The van der Waals surface area contributed by atoms with Gasteiger partial charge >= 0.3 is 0 Å². The molecular weight excluding hydrogens is 367 g/mol. The minimum atomic E-state index is -0.388. The van der Waals surface area contributed by atoms with Crippen LogP contribution < -0.4 is 5.32 Å². The Kier molecular flexibility index (Phi) is 6.15. The van der Waals surface area contributed by atoms with Gasteiger partial charge in [0.25, 0.3) is 5.91 Å². The zero-order valence-electron chi connectivity index (χ0n) is 15.4. The fourth-order valence-electron chi connectivity index (χ4n) is 3.34. The number of aromatic nitrogens is 2. The summed E-state index contributed by atoms with van der Waals surface area (Å²) in [5.74, 6) is -0.564. The first-order valence-electron chi connectivity index (χ1n) is 9.24. The van der Waals surface area contributed by atoms with Gasteiger partial charge in [-0.3, -0.25) is 9.59 Å². The van der Waals surface area contributed by atoms with Crippen LogP contribution in [0.25, 0.3) is 0 Å². The normalized spacial score (nSPS) is 16.7. The second-order valence-corrected chi connectivity index (χ2v) is 7.62. The van der Waals surface area contributed by atoms with E-state index >= 15 is 0 Å². The molecule has 0 aliphatic carbocycles. The number of carbonyl (C=O) groups is 2. The van der Waals surface area contributed by atoms with Gasteiger partial charge in [0.1, 0.15) is 10.8 Å². The van der Waals surface area contributed by atoms with Crippen LogP contribution in [-0.2, 0) is 4.79 Å². The second kappa shape index (κ2) is 8.56. The van der Waals surface area contributed by atoms with E-state index in [4.69, 9.17) is 0 Å². The van der Waals surface area contributed by atoms with Crippen LogP contribution >= 0.6 is 11.3 Å². The molecule has 0 spiro atoms. The summed E-state index contributed by atoms with van der Waals surface area (Å²) < 4.78 is 13.0. The topological polar surface area (TPSA) is 75.2 Å². The fourth-order valence-corrected chi connectivity index (χ4v) is 4.22. The van der Waals surface area contributed by atoms with Crippen LogP contribution in [0.5, 0.6) is 0 Å². The van der Waals surface area contributed by atoms with Crippen molar-refractivity contribution in [1.82, 2.24) is 15.1 Å². The molecule has 1 aromatic heterocycles. The molecule has 0 bridgehead atoms.